The minimum absolute atomic E-state index is 0.129. The Morgan fingerprint density at radius 2 is 2.17 bits per heavy atom. The molecule has 2 aromatic rings. The van der Waals surface area contributed by atoms with Gasteiger partial charge >= 0.3 is 5.97 Å². The first-order valence-corrected chi connectivity index (χ1v) is 8.50. The van der Waals surface area contributed by atoms with Crippen LogP contribution in [0.3, 0.4) is 0 Å². The smallest absolute Gasteiger partial charge is 0.309 e. The lowest BCUT2D eigenvalue weighted by atomic mass is 10.2. The van der Waals surface area contributed by atoms with Crippen LogP contribution in [0.2, 0.25) is 5.02 Å². The van der Waals surface area contributed by atoms with Gasteiger partial charge < -0.3 is 15.2 Å². The second-order valence-electron chi connectivity index (χ2n) is 5.09. The molecule has 0 radical (unpaired) electrons. The van der Waals surface area contributed by atoms with Crippen molar-refractivity contribution in [2.24, 2.45) is 0 Å². The lowest BCUT2D eigenvalue weighted by Crippen LogP contribution is -2.29. The van der Waals surface area contributed by atoms with E-state index in [2.05, 4.69) is 10.3 Å². The summed E-state index contributed by atoms with van der Waals surface area (Å²) in [7, 11) is 0. The SMILES string of the molecule is Cc1cc(OCCNC(=O)Cc2nc(CC(=O)O)cs2)ccc1Cl. The molecule has 2 rings (SSSR count). The number of aromatic nitrogens is 1. The third kappa shape index (κ3) is 5.82. The molecule has 0 saturated heterocycles. The van der Waals surface area contributed by atoms with Gasteiger partial charge in [-0.25, -0.2) is 4.98 Å². The van der Waals surface area contributed by atoms with Crippen molar-refractivity contribution >= 4 is 34.8 Å². The molecule has 0 atom stereocenters. The normalized spacial score (nSPS) is 10.4. The molecule has 0 aliphatic rings. The molecule has 1 heterocycles. The predicted molar refractivity (Wildman–Crippen MR) is 91.9 cm³/mol. The number of carbonyl (C=O) groups excluding carboxylic acids is 1. The molecule has 1 aromatic heterocycles. The summed E-state index contributed by atoms with van der Waals surface area (Å²) < 4.78 is 5.54. The van der Waals surface area contributed by atoms with E-state index in [9.17, 15) is 9.59 Å². The van der Waals surface area contributed by atoms with Crippen LogP contribution >= 0.6 is 22.9 Å². The van der Waals surface area contributed by atoms with Crippen LogP contribution in [0.4, 0.5) is 0 Å². The third-order valence-corrected chi connectivity index (χ3v) is 4.39. The van der Waals surface area contributed by atoms with Crippen LogP contribution in [0.15, 0.2) is 23.6 Å². The van der Waals surface area contributed by atoms with Gasteiger partial charge in [-0.2, -0.15) is 0 Å². The fourth-order valence-corrected chi connectivity index (χ4v) is 2.84. The Balaban J connectivity index is 1.70. The molecule has 0 aliphatic heterocycles. The predicted octanol–water partition coefficient (Wildman–Crippen LogP) is 2.47. The van der Waals surface area contributed by atoms with E-state index in [0.717, 1.165) is 5.56 Å². The number of nitrogens with zero attached hydrogens (tertiary/aromatic N) is 1. The van der Waals surface area contributed by atoms with Crippen LogP contribution in [0.5, 0.6) is 5.75 Å². The molecule has 0 saturated carbocycles. The van der Waals surface area contributed by atoms with Crippen molar-refractivity contribution < 1.29 is 19.4 Å². The van der Waals surface area contributed by atoms with E-state index >= 15 is 0 Å². The highest BCUT2D eigenvalue weighted by molar-refractivity contribution is 7.09. The Hall–Kier alpha value is -2.12. The molecule has 1 amide bonds. The summed E-state index contributed by atoms with van der Waals surface area (Å²) in [5.41, 5.74) is 1.40. The number of hydrogen-bond acceptors (Lipinski definition) is 5. The second-order valence-corrected chi connectivity index (χ2v) is 6.44. The van der Waals surface area contributed by atoms with Crippen LogP contribution in [0, 0.1) is 6.92 Å². The monoisotopic (exact) mass is 368 g/mol. The maximum Gasteiger partial charge on any atom is 0.309 e. The molecule has 6 nitrogen and oxygen atoms in total. The van der Waals surface area contributed by atoms with Gasteiger partial charge in [0.05, 0.1) is 25.1 Å². The summed E-state index contributed by atoms with van der Waals surface area (Å²) in [6.07, 6.45) is -0.00317. The van der Waals surface area contributed by atoms with Crippen LogP contribution in [-0.4, -0.2) is 35.1 Å². The molecule has 0 unspecified atom stereocenters. The number of aryl methyl sites for hydroxylation is 1. The molecule has 0 aliphatic carbocycles. The van der Waals surface area contributed by atoms with E-state index in [-0.39, 0.29) is 18.7 Å². The summed E-state index contributed by atoms with van der Waals surface area (Å²) in [6, 6.07) is 5.38. The van der Waals surface area contributed by atoms with Crippen molar-refractivity contribution in [3.8, 4) is 5.75 Å². The zero-order valence-electron chi connectivity index (χ0n) is 13.0. The Morgan fingerprint density at radius 3 is 2.88 bits per heavy atom. The number of carboxylic acid groups (broad SMARTS) is 1. The number of aliphatic carboxylic acids is 1. The number of thiazole rings is 1. The van der Waals surface area contributed by atoms with Gasteiger partial charge in [0.25, 0.3) is 0 Å². The summed E-state index contributed by atoms with van der Waals surface area (Å²) in [5, 5.41) is 14.4. The Bertz CT molecular complexity index is 733. The summed E-state index contributed by atoms with van der Waals surface area (Å²) >= 11 is 7.22. The molecule has 0 bridgehead atoms. The summed E-state index contributed by atoms with van der Waals surface area (Å²) in [6.45, 7) is 2.60. The van der Waals surface area contributed by atoms with Crippen molar-refractivity contribution in [1.82, 2.24) is 10.3 Å². The van der Waals surface area contributed by atoms with Gasteiger partial charge in [-0.1, -0.05) is 11.6 Å². The highest BCUT2D eigenvalue weighted by Gasteiger charge is 2.09. The zero-order chi connectivity index (χ0) is 17.5. The number of rotatable bonds is 8. The summed E-state index contributed by atoms with van der Waals surface area (Å²) in [5.74, 6) is -0.419. The van der Waals surface area contributed by atoms with Crippen molar-refractivity contribution in [3.63, 3.8) is 0 Å². The average Bonchev–Trinajstić information content (AvgIpc) is 2.93. The van der Waals surface area contributed by atoms with E-state index in [1.54, 1.807) is 17.5 Å². The summed E-state index contributed by atoms with van der Waals surface area (Å²) in [4.78, 5) is 26.5. The second kappa shape index (κ2) is 8.65. The largest absolute Gasteiger partial charge is 0.492 e. The fourth-order valence-electron chi connectivity index (χ4n) is 1.93. The van der Waals surface area contributed by atoms with E-state index in [4.69, 9.17) is 21.4 Å². The van der Waals surface area contributed by atoms with Crippen LogP contribution in [-0.2, 0) is 22.4 Å². The number of benzene rings is 1. The maximum atomic E-state index is 11.8. The van der Waals surface area contributed by atoms with Gasteiger partial charge in [-0.15, -0.1) is 11.3 Å². The first-order valence-electron chi connectivity index (χ1n) is 7.25. The number of carbonyl (C=O) groups is 2. The van der Waals surface area contributed by atoms with Crippen molar-refractivity contribution in [3.05, 3.63) is 44.9 Å². The third-order valence-electron chi connectivity index (χ3n) is 3.07. The number of carboxylic acids is 1. The number of halogens is 1. The van der Waals surface area contributed by atoms with Gasteiger partial charge in [0.1, 0.15) is 17.4 Å². The lowest BCUT2D eigenvalue weighted by Gasteiger charge is -2.08. The van der Waals surface area contributed by atoms with Crippen molar-refractivity contribution in [2.45, 2.75) is 19.8 Å². The zero-order valence-corrected chi connectivity index (χ0v) is 14.6. The average molecular weight is 369 g/mol. The first-order chi connectivity index (χ1) is 11.4. The van der Waals surface area contributed by atoms with E-state index in [0.29, 0.717) is 34.6 Å². The van der Waals surface area contributed by atoms with Crippen molar-refractivity contribution in [1.29, 1.82) is 0 Å². The lowest BCUT2D eigenvalue weighted by molar-refractivity contribution is -0.136. The highest BCUT2D eigenvalue weighted by Crippen LogP contribution is 2.20. The van der Waals surface area contributed by atoms with Gasteiger partial charge in [-0.3, -0.25) is 9.59 Å². The van der Waals surface area contributed by atoms with Crippen LogP contribution in [0.1, 0.15) is 16.3 Å². The number of nitrogens with one attached hydrogen (secondary N) is 1. The molecule has 24 heavy (non-hydrogen) atoms. The molecular weight excluding hydrogens is 352 g/mol. The van der Waals surface area contributed by atoms with Crippen LogP contribution < -0.4 is 10.1 Å². The van der Waals surface area contributed by atoms with E-state index < -0.39 is 5.97 Å². The topological polar surface area (TPSA) is 88.5 Å². The standard InChI is InChI=1S/C16H17ClN2O4S/c1-10-6-12(2-3-13(10)17)23-5-4-18-14(20)8-15-19-11(9-24-15)7-16(21)22/h2-3,6,9H,4-5,7-8H2,1H3,(H,18,20)(H,21,22). The Labute approximate surface area is 148 Å². The molecule has 128 valence electrons. The minimum atomic E-state index is -0.939. The quantitative estimate of drug-likeness (QED) is 0.699. The molecular formula is C16H17ClN2O4S. The minimum Gasteiger partial charge on any atom is -0.492 e. The molecule has 1 aromatic carbocycles. The number of amides is 1. The highest BCUT2D eigenvalue weighted by atomic mass is 35.5. The molecule has 0 spiro atoms. The Kier molecular flexibility index (Phi) is 6.57. The van der Waals surface area contributed by atoms with Gasteiger partial charge in [-0.05, 0) is 30.7 Å². The molecule has 0 fully saturated rings. The van der Waals surface area contributed by atoms with Gasteiger partial charge in [0.15, 0.2) is 0 Å². The van der Waals surface area contributed by atoms with E-state index in [1.807, 2.05) is 13.0 Å². The van der Waals surface area contributed by atoms with E-state index in [1.165, 1.54) is 11.3 Å². The van der Waals surface area contributed by atoms with Gasteiger partial charge in [0, 0.05) is 10.4 Å². The molecule has 2 N–H and O–H groups in total. The number of hydrogen-bond donors (Lipinski definition) is 2. The van der Waals surface area contributed by atoms with Crippen molar-refractivity contribution in [2.75, 3.05) is 13.2 Å². The number of ether oxygens (including phenoxy) is 1. The molecule has 8 heteroatoms. The van der Waals surface area contributed by atoms with Crippen LogP contribution in [0.25, 0.3) is 0 Å². The van der Waals surface area contributed by atoms with Gasteiger partial charge in [0.2, 0.25) is 5.91 Å². The maximum absolute atomic E-state index is 11.8. The first kappa shape index (κ1) is 18.2. The Morgan fingerprint density at radius 1 is 1.38 bits per heavy atom. The fraction of sp³-hybridized carbons (Fsp3) is 0.312.